The first-order valence-corrected chi connectivity index (χ1v) is 14.9. The molecule has 0 spiro atoms. The van der Waals surface area contributed by atoms with E-state index < -0.39 is 12.0 Å². The van der Waals surface area contributed by atoms with E-state index in [0.29, 0.717) is 32.6 Å². The van der Waals surface area contributed by atoms with E-state index >= 15 is 0 Å². The third-order valence-electron chi connectivity index (χ3n) is 7.74. The van der Waals surface area contributed by atoms with Gasteiger partial charge in [-0.3, -0.25) is 9.59 Å². The van der Waals surface area contributed by atoms with E-state index in [4.69, 9.17) is 31.9 Å². The summed E-state index contributed by atoms with van der Waals surface area (Å²) >= 11 is 0. The minimum Gasteiger partial charge on any atom is -0.481 e. The standard InChI is InChI=1S/C27H50BNO7.2C2H6/c1-24(2,16-29-19(30)13-27(7,8)26(5,6)12-11-20(31)32)15-25(3,4)17-35-22-21(34-10)18(14-33-9)36-23(22)28;2*1-2/h18,21-23H,11-17H2,1-10H3,(H,29,30)(H,31,32);2*1-2H3. The second-order valence-electron chi connectivity index (χ2n) is 13.2. The highest BCUT2D eigenvalue weighted by Gasteiger charge is 2.44. The summed E-state index contributed by atoms with van der Waals surface area (Å²) in [4.78, 5) is 23.9. The first-order chi connectivity index (χ1) is 18.4. The van der Waals surface area contributed by atoms with Crippen LogP contribution < -0.4 is 5.32 Å². The van der Waals surface area contributed by atoms with Crippen LogP contribution >= 0.6 is 0 Å². The van der Waals surface area contributed by atoms with Crippen LogP contribution in [0.1, 0.15) is 109 Å². The van der Waals surface area contributed by atoms with Gasteiger partial charge in [0.05, 0.1) is 13.2 Å². The number of hydrogen-bond acceptors (Lipinski definition) is 6. The van der Waals surface area contributed by atoms with Crippen molar-refractivity contribution >= 4 is 19.7 Å². The summed E-state index contributed by atoms with van der Waals surface area (Å²) in [5, 5.41) is 12.2. The summed E-state index contributed by atoms with van der Waals surface area (Å²) in [6.07, 6.45) is 0.813. The highest BCUT2D eigenvalue weighted by molar-refractivity contribution is 6.11. The molecule has 1 heterocycles. The molecule has 4 atom stereocenters. The molecule has 40 heavy (non-hydrogen) atoms. The SMILES string of the molecule is CC.CC.[B]C1OC(COC)C(OC)C1OCC(C)(C)CC(C)(C)CNC(=O)CC(C)(C)C(C)(C)CCC(=O)O. The first kappa shape index (κ1) is 41.0. The van der Waals surface area contributed by atoms with Crippen LogP contribution in [0, 0.1) is 21.7 Å². The van der Waals surface area contributed by atoms with Gasteiger partial charge >= 0.3 is 5.97 Å². The average molecular weight is 572 g/mol. The number of hydrogen-bond donors (Lipinski definition) is 2. The normalized spacial score (nSPS) is 21.6. The Bertz CT molecular complexity index is 724. The number of carbonyl (C=O) groups is 2. The van der Waals surface area contributed by atoms with Crippen molar-refractivity contribution in [2.45, 2.75) is 133 Å². The Labute approximate surface area is 247 Å². The maximum Gasteiger partial charge on any atom is 0.303 e. The van der Waals surface area contributed by atoms with Crippen LogP contribution in [0.2, 0.25) is 0 Å². The van der Waals surface area contributed by atoms with Gasteiger partial charge < -0.3 is 29.4 Å². The van der Waals surface area contributed by atoms with Crippen molar-refractivity contribution < 1.29 is 33.6 Å². The number of nitrogens with one attached hydrogen (secondary N) is 1. The number of ether oxygens (including phenoxy) is 4. The number of amides is 1. The van der Waals surface area contributed by atoms with Gasteiger partial charge in [-0.25, -0.2) is 0 Å². The van der Waals surface area contributed by atoms with Gasteiger partial charge in [-0.1, -0.05) is 83.1 Å². The van der Waals surface area contributed by atoms with Gasteiger partial charge in [0, 0.05) is 39.6 Å². The van der Waals surface area contributed by atoms with Gasteiger partial charge in [0.25, 0.3) is 0 Å². The van der Waals surface area contributed by atoms with E-state index in [-0.39, 0.29) is 52.3 Å². The summed E-state index contributed by atoms with van der Waals surface area (Å²) in [6.45, 7) is 26.0. The van der Waals surface area contributed by atoms with Gasteiger partial charge in [-0.05, 0) is 34.5 Å². The molecule has 9 heteroatoms. The maximum atomic E-state index is 12.8. The Balaban J connectivity index is 0. The second kappa shape index (κ2) is 18.4. The molecule has 8 nitrogen and oxygen atoms in total. The molecule has 236 valence electrons. The predicted octanol–water partition coefficient (Wildman–Crippen LogP) is 5.84. The molecule has 1 aliphatic rings. The molecule has 2 radical (unpaired) electrons. The van der Waals surface area contributed by atoms with E-state index in [1.807, 2.05) is 55.4 Å². The van der Waals surface area contributed by atoms with Crippen molar-refractivity contribution in [2.75, 3.05) is 34.0 Å². The van der Waals surface area contributed by atoms with Crippen molar-refractivity contribution in [3.63, 3.8) is 0 Å². The van der Waals surface area contributed by atoms with E-state index in [0.717, 1.165) is 6.42 Å². The lowest BCUT2D eigenvalue weighted by molar-refractivity contribution is -0.138. The summed E-state index contributed by atoms with van der Waals surface area (Å²) in [5.74, 6) is -0.835. The average Bonchev–Trinajstić information content (AvgIpc) is 3.16. The quantitative estimate of drug-likeness (QED) is 0.224. The van der Waals surface area contributed by atoms with E-state index in [1.165, 1.54) is 0 Å². The molecule has 4 unspecified atom stereocenters. The van der Waals surface area contributed by atoms with Crippen molar-refractivity contribution in [3.8, 4) is 0 Å². The van der Waals surface area contributed by atoms with Gasteiger partial charge in [0.15, 0.2) is 0 Å². The van der Waals surface area contributed by atoms with Crippen molar-refractivity contribution in [1.82, 2.24) is 5.32 Å². The Hall–Kier alpha value is -1.16. The molecule has 1 aliphatic heterocycles. The van der Waals surface area contributed by atoms with E-state index in [9.17, 15) is 9.59 Å². The van der Waals surface area contributed by atoms with Gasteiger partial charge in [-0.2, -0.15) is 0 Å². The van der Waals surface area contributed by atoms with Crippen molar-refractivity contribution in [3.05, 3.63) is 0 Å². The third kappa shape index (κ3) is 14.1. The number of carboxylic acids is 1. The molecule has 1 amide bonds. The van der Waals surface area contributed by atoms with E-state index in [2.05, 4.69) is 33.0 Å². The number of methoxy groups -OCH3 is 2. The monoisotopic (exact) mass is 571 g/mol. The molecule has 0 aromatic heterocycles. The van der Waals surface area contributed by atoms with Crippen LogP contribution in [-0.4, -0.2) is 83.1 Å². The molecule has 0 aliphatic carbocycles. The van der Waals surface area contributed by atoms with Crippen LogP contribution in [0.5, 0.6) is 0 Å². The first-order valence-electron chi connectivity index (χ1n) is 14.9. The van der Waals surface area contributed by atoms with Crippen LogP contribution in [-0.2, 0) is 28.5 Å². The fraction of sp³-hybridized carbons (Fsp3) is 0.935. The zero-order valence-corrected chi connectivity index (χ0v) is 28.2. The molecule has 1 fully saturated rings. The fourth-order valence-corrected chi connectivity index (χ4v) is 5.06. The second-order valence-corrected chi connectivity index (χ2v) is 13.2. The zero-order valence-electron chi connectivity index (χ0n) is 28.2. The lowest BCUT2D eigenvalue weighted by atomic mass is 9.64. The number of carboxylic acid groups (broad SMARTS) is 1. The third-order valence-corrected chi connectivity index (χ3v) is 7.74. The van der Waals surface area contributed by atoms with Crippen LogP contribution in [0.4, 0.5) is 0 Å². The van der Waals surface area contributed by atoms with E-state index in [1.54, 1.807) is 14.2 Å². The zero-order chi connectivity index (χ0) is 31.9. The summed E-state index contributed by atoms with van der Waals surface area (Å²) in [5.41, 5.74) is -0.974. The largest absolute Gasteiger partial charge is 0.481 e. The summed E-state index contributed by atoms with van der Waals surface area (Å²) in [7, 11) is 9.39. The molecule has 0 aromatic carbocycles. The molecule has 1 rings (SSSR count). The molecule has 2 N–H and O–H groups in total. The van der Waals surface area contributed by atoms with Gasteiger partial charge in [-0.15, -0.1) is 0 Å². The molecule has 0 saturated carbocycles. The Morgan fingerprint density at radius 1 is 0.900 bits per heavy atom. The predicted molar refractivity (Wildman–Crippen MR) is 164 cm³/mol. The maximum absolute atomic E-state index is 12.8. The number of aliphatic carboxylic acids is 1. The molecule has 0 bridgehead atoms. The minimum atomic E-state index is -0.813. The molecule has 0 aromatic rings. The summed E-state index contributed by atoms with van der Waals surface area (Å²) in [6, 6.07) is -0.582. The van der Waals surface area contributed by atoms with Crippen molar-refractivity contribution in [1.29, 1.82) is 0 Å². The molecular weight excluding hydrogens is 509 g/mol. The lowest BCUT2D eigenvalue weighted by Crippen LogP contribution is -2.43. The van der Waals surface area contributed by atoms with Gasteiger partial charge in [0.1, 0.15) is 26.2 Å². The van der Waals surface area contributed by atoms with Crippen LogP contribution in [0.3, 0.4) is 0 Å². The van der Waals surface area contributed by atoms with Gasteiger partial charge in [0.2, 0.25) is 5.91 Å². The smallest absolute Gasteiger partial charge is 0.303 e. The molecule has 1 saturated heterocycles. The minimum absolute atomic E-state index is 0.0215. The number of carbonyl (C=O) groups excluding carboxylic acids is 1. The fourth-order valence-electron chi connectivity index (χ4n) is 5.06. The Morgan fingerprint density at radius 2 is 1.45 bits per heavy atom. The topological polar surface area (TPSA) is 103 Å². The van der Waals surface area contributed by atoms with Crippen LogP contribution in [0.25, 0.3) is 0 Å². The Kier molecular flexibility index (Phi) is 18.8. The summed E-state index contributed by atoms with van der Waals surface area (Å²) < 4.78 is 22.8. The highest BCUT2D eigenvalue weighted by Crippen LogP contribution is 2.44. The highest BCUT2D eigenvalue weighted by atomic mass is 16.6. The van der Waals surface area contributed by atoms with Crippen molar-refractivity contribution in [2.24, 2.45) is 21.7 Å². The van der Waals surface area contributed by atoms with Crippen LogP contribution in [0.15, 0.2) is 0 Å². The lowest BCUT2D eigenvalue weighted by Gasteiger charge is -2.42. The molecular formula is C31H62BNO7. The Morgan fingerprint density at radius 3 is 1.93 bits per heavy atom. The number of rotatable bonds is 16.